The van der Waals surface area contributed by atoms with Crippen LogP contribution in [0.3, 0.4) is 0 Å². The van der Waals surface area contributed by atoms with Gasteiger partial charge in [-0.3, -0.25) is 0 Å². The molecule has 1 aromatic carbocycles. The second kappa shape index (κ2) is 6.00. The van der Waals surface area contributed by atoms with E-state index in [1.165, 1.54) is 0 Å². The van der Waals surface area contributed by atoms with Crippen molar-refractivity contribution in [3.05, 3.63) is 42.0 Å². The monoisotopic (exact) mass is 250 g/mol. The van der Waals surface area contributed by atoms with Crippen molar-refractivity contribution in [3.63, 3.8) is 0 Å². The summed E-state index contributed by atoms with van der Waals surface area (Å²) in [5, 5.41) is 15.2. The Kier molecular flexibility index (Phi) is 4.66. The smallest absolute Gasteiger partial charge is 0.335 e. The fraction of sp³-hybridized carbons (Fsp3) is 0.167. The van der Waals surface area contributed by atoms with Crippen LogP contribution in [0.15, 0.2) is 30.9 Å². The average Bonchev–Trinajstić information content (AvgIpc) is 2.29. The Morgan fingerprint density at radius 1 is 1.59 bits per heavy atom. The van der Waals surface area contributed by atoms with Gasteiger partial charge in [-0.2, -0.15) is 0 Å². The lowest BCUT2D eigenvalue weighted by molar-refractivity contribution is 0.0697. The number of carbonyl (C=O) groups is 1. The molecule has 0 aliphatic heterocycles. The van der Waals surface area contributed by atoms with E-state index in [9.17, 15) is 4.79 Å². The maximum Gasteiger partial charge on any atom is 0.335 e. The largest absolute Gasteiger partial charge is 0.478 e. The molecule has 0 heterocycles. The molecule has 4 nitrogen and oxygen atoms in total. The molecule has 1 rings (SSSR count). The Morgan fingerprint density at radius 3 is 2.88 bits per heavy atom. The number of carboxylic acid groups (broad SMARTS) is 1. The third kappa shape index (κ3) is 3.88. The van der Waals surface area contributed by atoms with Crippen LogP contribution in [-0.4, -0.2) is 22.7 Å². The van der Waals surface area contributed by atoms with Gasteiger partial charge in [-0.1, -0.05) is 12.1 Å². The van der Waals surface area contributed by atoms with Crippen LogP contribution >= 0.6 is 12.2 Å². The van der Waals surface area contributed by atoms with Crippen LogP contribution in [0.5, 0.6) is 0 Å². The summed E-state index contributed by atoms with van der Waals surface area (Å²) >= 11 is 5.05. The quantitative estimate of drug-likeness (QED) is 0.564. The molecule has 0 aliphatic carbocycles. The summed E-state index contributed by atoms with van der Waals surface area (Å²) in [4.78, 5) is 10.8. The van der Waals surface area contributed by atoms with E-state index in [1.807, 2.05) is 6.92 Å². The van der Waals surface area contributed by atoms with Crippen molar-refractivity contribution < 1.29 is 9.90 Å². The summed E-state index contributed by atoms with van der Waals surface area (Å²) in [6.45, 7) is 6.00. The maximum absolute atomic E-state index is 10.8. The number of rotatable bonds is 4. The van der Waals surface area contributed by atoms with Crippen LogP contribution in [0.2, 0.25) is 0 Å². The highest BCUT2D eigenvalue weighted by Crippen LogP contribution is 2.16. The van der Waals surface area contributed by atoms with Crippen molar-refractivity contribution in [2.75, 3.05) is 11.9 Å². The first-order valence-corrected chi connectivity index (χ1v) is 5.45. The van der Waals surface area contributed by atoms with Crippen molar-refractivity contribution in [2.45, 2.75) is 6.92 Å². The third-order valence-electron chi connectivity index (χ3n) is 2.14. The summed E-state index contributed by atoms with van der Waals surface area (Å²) in [6, 6.07) is 4.85. The van der Waals surface area contributed by atoms with Gasteiger partial charge in [0.2, 0.25) is 0 Å². The first-order valence-electron chi connectivity index (χ1n) is 5.04. The Labute approximate surface area is 105 Å². The summed E-state index contributed by atoms with van der Waals surface area (Å²) in [7, 11) is 0. The molecule has 1 aromatic rings. The topological polar surface area (TPSA) is 61.4 Å². The predicted octanol–water partition coefficient (Wildman–Crippen LogP) is 2.17. The molecule has 0 bridgehead atoms. The highest BCUT2D eigenvalue weighted by Gasteiger charge is 2.06. The SMILES string of the molecule is C=CCNC(=S)Nc1cc(C(=O)O)ccc1C. The predicted molar refractivity (Wildman–Crippen MR) is 72.6 cm³/mol. The number of anilines is 1. The molecule has 0 saturated carbocycles. The van der Waals surface area contributed by atoms with Crippen molar-refractivity contribution in [1.82, 2.24) is 5.32 Å². The van der Waals surface area contributed by atoms with Crippen molar-refractivity contribution in [1.29, 1.82) is 0 Å². The molecule has 17 heavy (non-hydrogen) atoms. The third-order valence-corrected chi connectivity index (χ3v) is 2.39. The zero-order valence-electron chi connectivity index (χ0n) is 9.49. The fourth-order valence-corrected chi connectivity index (χ4v) is 1.41. The Morgan fingerprint density at radius 2 is 2.29 bits per heavy atom. The normalized spacial score (nSPS) is 9.47. The summed E-state index contributed by atoms with van der Waals surface area (Å²) in [5.41, 5.74) is 1.84. The van der Waals surface area contributed by atoms with E-state index < -0.39 is 5.97 Å². The first-order chi connectivity index (χ1) is 8.04. The number of benzene rings is 1. The van der Waals surface area contributed by atoms with E-state index in [-0.39, 0.29) is 5.56 Å². The van der Waals surface area contributed by atoms with E-state index in [4.69, 9.17) is 17.3 Å². The minimum absolute atomic E-state index is 0.227. The first kappa shape index (κ1) is 13.2. The van der Waals surface area contributed by atoms with Gasteiger partial charge in [0.05, 0.1) is 5.56 Å². The number of aryl methyl sites for hydroxylation is 1. The number of carboxylic acids is 1. The van der Waals surface area contributed by atoms with Gasteiger partial charge in [0.25, 0.3) is 0 Å². The van der Waals surface area contributed by atoms with Crippen LogP contribution < -0.4 is 10.6 Å². The molecule has 0 spiro atoms. The van der Waals surface area contributed by atoms with Gasteiger partial charge in [0.15, 0.2) is 5.11 Å². The molecular weight excluding hydrogens is 236 g/mol. The van der Waals surface area contributed by atoms with Gasteiger partial charge in [0.1, 0.15) is 0 Å². The zero-order valence-corrected chi connectivity index (χ0v) is 10.3. The minimum atomic E-state index is -0.960. The van der Waals surface area contributed by atoms with Crippen LogP contribution in [0.25, 0.3) is 0 Å². The maximum atomic E-state index is 10.8. The van der Waals surface area contributed by atoms with Crippen LogP contribution in [0, 0.1) is 6.92 Å². The molecule has 0 saturated heterocycles. The molecular formula is C12H14N2O2S. The van der Waals surface area contributed by atoms with E-state index in [1.54, 1.807) is 24.3 Å². The molecule has 0 radical (unpaired) electrons. The van der Waals surface area contributed by atoms with Gasteiger partial charge in [-0.25, -0.2) is 4.79 Å². The lowest BCUT2D eigenvalue weighted by Crippen LogP contribution is -2.28. The number of hydrogen-bond acceptors (Lipinski definition) is 2. The number of nitrogens with one attached hydrogen (secondary N) is 2. The number of thiocarbonyl (C=S) groups is 1. The second-order valence-corrected chi connectivity index (χ2v) is 3.87. The Hall–Kier alpha value is -1.88. The van der Waals surface area contributed by atoms with Gasteiger partial charge in [-0.15, -0.1) is 6.58 Å². The van der Waals surface area contributed by atoms with Gasteiger partial charge in [0, 0.05) is 12.2 Å². The number of hydrogen-bond donors (Lipinski definition) is 3. The van der Waals surface area contributed by atoms with Crippen molar-refractivity contribution in [2.24, 2.45) is 0 Å². The van der Waals surface area contributed by atoms with Crippen LogP contribution in [0.1, 0.15) is 15.9 Å². The van der Waals surface area contributed by atoms with Crippen LogP contribution in [-0.2, 0) is 0 Å². The molecule has 5 heteroatoms. The number of aromatic carboxylic acids is 1. The van der Waals surface area contributed by atoms with E-state index in [0.717, 1.165) is 5.56 Å². The molecule has 0 aromatic heterocycles. The Bertz CT molecular complexity index is 458. The standard InChI is InChI=1S/C12H14N2O2S/c1-3-6-13-12(17)14-10-7-9(11(15)16)5-4-8(10)2/h3-5,7H,1,6H2,2H3,(H,15,16)(H2,13,14,17). The highest BCUT2D eigenvalue weighted by molar-refractivity contribution is 7.80. The average molecular weight is 250 g/mol. The molecule has 0 aliphatic rings. The van der Waals surface area contributed by atoms with Gasteiger partial charge < -0.3 is 15.7 Å². The molecule has 90 valence electrons. The van der Waals surface area contributed by atoms with Crippen molar-refractivity contribution in [3.8, 4) is 0 Å². The molecule has 0 amide bonds. The molecule has 0 atom stereocenters. The molecule has 0 fully saturated rings. The Balaban J connectivity index is 2.82. The second-order valence-electron chi connectivity index (χ2n) is 3.46. The summed E-state index contributed by atoms with van der Waals surface area (Å²) < 4.78 is 0. The lowest BCUT2D eigenvalue weighted by Gasteiger charge is -2.12. The summed E-state index contributed by atoms with van der Waals surface area (Å²) in [6.07, 6.45) is 1.69. The van der Waals surface area contributed by atoms with E-state index >= 15 is 0 Å². The van der Waals surface area contributed by atoms with E-state index in [2.05, 4.69) is 17.2 Å². The van der Waals surface area contributed by atoms with Crippen LogP contribution in [0.4, 0.5) is 5.69 Å². The van der Waals surface area contributed by atoms with Gasteiger partial charge >= 0.3 is 5.97 Å². The summed E-state index contributed by atoms with van der Waals surface area (Å²) in [5.74, 6) is -0.960. The molecule has 3 N–H and O–H groups in total. The molecule has 0 unspecified atom stereocenters. The highest BCUT2D eigenvalue weighted by atomic mass is 32.1. The van der Waals surface area contributed by atoms with Gasteiger partial charge in [-0.05, 0) is 36.8 Å². The zero-order chi connectivity index (χ0) is 12.8. The van der Waals surface area contributed by atoms with E-state index in [0.29, 0.717) is 17.3 Å². The van der Waals surface area contributed by atoms with Crippen molar-refractivity contribution >= 4 is 29.0 Å². The fourth-order valence-electron chi connectivity index (χ4n) is 1.22. The lowest BCUT2D eigenvalue weighted by atomic mass is 10.1. The minimum Gasteiger partial charge on any atom is -0.478 e.